The molecule has 34 heavy (non-hydrogen) atoms. The van der Waals surface area contributed by atoms with E-state index in [1.54, 1.807) is 0 Å². The molecule has 2 aromatic carbocycles. The lowest BCUT2D eigenvalue weighted by atomic mass is 10.1. The first-order valence-corrected chi connectivity index (χ1v) is 13.2. The Morgan fingerprint density at radius 2 is 1.82 bits per heavy atom. The van der Waals surface area contributed by atoms with E-state index < -0.39 is 0 Å². The molecule has 2 aromatic rings. The number of hydrogen-bond acceptors (Lipinski definition) is 5. The Labute approximate surface area is 212 Å². The van der Waals surface area contributed by atoms with Gasteiger partial charge in [-0.25, -0.2) is 0 Å². The van der Waals surface area contributed by atoms with Gasteiger partial charge in [0.25, 0.3) is 5.91 Å². The minimum absolute atomic E-state index is 0.0192. The number of carbonyl (C=O) groups excluding carboxylic acids is 1. The Balaban J connectivity index is 1.80. The van der Waals surface area contributed by atoms with Crippen LogP contribution < -0.4 is 9.47 Å². The van der Waals surface area contributed by atoms with Crippen molar-refractivity contribution in [3.63, 3.8) is 0 Å². The standard InChI is InChI=1S/C27H33ClN2O3S/c1-4-7-15-29-27-30(16-8-5-2)26(31)25(34-27)18-20-13-14-23(24(17-20)32-6-3)33-19-21-11-9-10-12-22(21)28/h9-14,17-18H,4-8,15-16,19H2,1-3H3/b25-18-,29-27?. The van der Waals surface area contributed by atoms with Crippen molar-refractivity contribution in [2.24, 2.45) is 4.99 Å². The van der Waals surface area contributed by atoms with Crippen molar-refractivity contribution in [1.82, 2.24) is 4.90 Å². The Morgan fingerprint density at radius 3 is 2.56 bits per heavy atom. The third-order valence-corrected chi connectivity index (χ3v) is 6.70. The van der Waals surface area contributed by atoms with Crippen molar-refractivity contribution in [3.05, 3.63) is 63.5 Å². The first-order valence-electron chi connectivity index (χ1n) is 12.0. The number of rotatable bonds is 12. The lowest BCUT2D eigenvalue weighted by Crippen LogP contribution is -2.30. The zero-order chi connectivity index (χ0) is 24.3. The van der Waals surface area contributed by atoms with E-state index >= 15 is 0 Å². The number of unbranched alkanes of at least 4 members (excludes halogenated alkanes) is 2. The number of carbonyl (C=O) groups is 1. The molecule has 1 fully saturated rings. The van der Waals surface area contributed by atoms with Crippen LogP contribution in [0.15, 0.2) is 52.4 Å². The summed E-state index contributed by atoms with van der Waals surface area (Å²) in [5.41, 5.74) is 1.79. The van der Waals surface area contributed by atoms with Gasteiger partial charge in [0.1, 0.15) is 6.61 Å². The first-order chi connectivity index (χ1) is 16.6. The molecule has 0 N–H and O–H groups in total. The largest absolute Gasteiger partial charge is 0.490 e. The van der Waals surface area contributed by atoms with Gasteiger partial charge >= 0.3 is 0 Å². The van der Waals surface area contributed by atoms with Crippen LogP contribution in [0.4, 0.5) is 0 Å². The van der Waals surface area contributed by atoms with E-state index in [9.17, 15) is 4.79 Å². The highest BCUT2D eigenvalue weighted by molar-refractivity contribution is 8.18. The second kappa shape index (κ2) is 13.4. The topological polar surface area (TPSA) is 51.1 Å². The van der Waals surface area contributed by atoms with E-state index in [-0.39, 0.29) is 5.91 Å². The SMILES string of the molecule is CCCCN=C1S/C(=C\c2ccc(OCc3ccccc3Cl)c(OCC)c2)C(=O)N1CCCC. The van der Waals surface area contributed by atoms with Gasteiger partial charge in [0.15, 0.2) is 16.7 Å². The maximum atomic E-state index is 13.1. The van der Waals surface area contributed by atoms with Crippen LogP contribution in [0.5, 0.6) is 11.5 Å². The monoisotopic (exact) mass is 500 g/mol. The smallest absolute Gasteiger partial charge is 0.266 e. The molecule has 1 aliphatic heterocycles. The maximum absolute atomic E-state index is 13.1. The molecule has 7 heteroatoms. The number of amides is 1. The zero-order valence-electron chi connectivity index (χ0n) is 20.2. The molecule has 5 nitrogen and oxygen atoms in total. The highest BCUT2D eigenvalue weighted by Crippen LogP contribution is 2.35. The maximum Gasteiger partial charge on any atom is 0.266 e. The van der Waals surface area contributed by atoms with E-state index in [0.29, 0.717) is 41.2 Å². The summed E-state index contributed by atoms with van der Waals surface area (Å²) in [5.74, 6) is 1.30. The van der Waals surface area contributed by atoms with Crippen LogP contribution in [-0.4, -0.2) is 35.7 Å². The van der Waals surface area contributed by atoms with Crippen LogP contribution in [0.3, 0.4) is 0 Å². The van der Waals surface area contributed by atoms with Crippen LogP contribution in [0.1, 0.15) is 57.6 Å². The number of hydrogen-bond donors (Lipinski definition) is 0. The predicted molar refractivity (Wildman–Crippen MR) is 143 cm³/mol. The number of amidine groups is 1. The predicted octanol–water partition coefficient (Wildman–Crippen LogP) is 7.19. The van der Waals surface area contributed by atoms with Crippen LogP contribution in [0, 0.1) is 0 Å². The Bertz CT molecular complexity index is 1040. The molecule has 1 saturated heterocycles. The Kier molecular flexibility index (Phi) is 10.4. The summed E-state index contributed by atoms with van der Waals surface area (Å²) < 4.78 is 11.8. The number of benzene rings is 2. The molecule has 0 unspecified atom stereocenters. The fourth-order valence-corrected chi connectivity index (χ4v) is 4.62. The normalized spacial score (nSPS) is 16.0. The van der Waals surface area contributed by atoms with Gasteiger partial charge in [0.2, 0.25) is 0 Å². The molecule has 1 aliphatic rings. The summed E-state index contributed by atoms with van der Waals surface area (Å²) >= 11 is 7.71. The molecule has 0 atom stereocenters. The van der Waals surface area contributed by atoms with Crippen molar-refractivity contribution in [2.75, 3.05) is 19.7 Å². The van der Waals surface area contributed by atoms with Gasteiger partial charge in [-0.05, 0) is 61.4 Å². The zero-order valence-corrected chi connectivity index (χ0v) is 21.8. The summed E-state index contributed by atoms with van der Waals surface area (Å²) in [7, 11) is 0. The van der Waals surface area contributed by atoms with E-state index in [1.807, 2.05) is 60.4 Å². The van der Waals surface area contributed by atoms with Gasteiger partial charge < -0.3 is 9.47 Å². The van der Waals surface area contributed by atoms with Crippen LogP contribution in [0.25, 0.3) is 6.08 Å². The van der Waals surface area contributed by atoms with Crippen molar-refractivity contribution < 1.29 is 14.3 Å². The second-order valence-electron chi connectivity index (χ2n) is 7.96. The fourth-order valence-electron chi connectivity index (χ4n) is 3.40. The lowest BCUT2D eigenvalue weighted by molar-refractivity contribution is -0.122. The van der Waals surface area contributed by atoms with E-state index in [2.05, 4.69) is 13.8 Å². The molecule has 0 bridgehead atoms. The number of ether oxygens (including phenoxy) is 2. The molecule has 1 heterocycles. The third-order valence-electron chi connectivity index (χ3n) is 5.29. The first kappa shape index (κ1) is 26.2. The van der Waals surface area contributed by atoms with Gasteiger partial charge in [-0.2, -0.15) is 0 Å². The lowest BCUT2D eigenvalue weighted by Gasteiger charge is -2.15. The average Bonchev–Trinajstić information content (AvgIpc) is 3.12. The van der Waals surface area contributed by atoms with Crippen molar-refractivity contribution >= 4 is 40.5 Å². The summed E-state index contributed by atoms with van der Waals surface area (Å²) in [4.78, 5) is 20.3. The highest BCUT2D eigenvalue weighted by Gasteiger charge is 2.32. The van der Waals surface area contributed by atoms with Crippen LogP contribution in [0.2, 0.25) is 5.02 Å². The molecular formula is C27H33ClN2O3S. The average molecular weight is 501 g/mol. The number of thioether (sulfide) groups is 1. The molecule has 3 rings (SSSR count). The number of aliphatic imine (C=N–C) groups is 1. The fraction of sp³-hybridized carbons (Fsp3) is 0.407. The summed E-state index contributed by atoms with van der Waals surface area (Å²) in [6.07, 6.45) is 6.00. The molecule has 182 valence electrons. The minimum atomic E-state index is 0.0192. The van der Waals surface area contributed by atoms with E-state index in [1.165, 1.54) is 11.8 Å². The molecule has 1 amide bonds. The number of nitrogens with zero attached hydrogens (tertiary/aromatic N) is 2. The van der Waals surface area contributed by atoms with Gasteiger partial charge in [-0.1, -0.05) is 62.6 Å². The minimum Gasteiger partial charge on any atom is -0.490 e. The highest BCUT2D eigenvalue weighted by atomic mass is 35.5. The van der Waals surface area contributed by atoms with Gasteiger partial charge in [-0.15, -0.1) is 0 Å². The Morgan fingerprint density at radius 1 is 1.03 bits per heavy atom. The molecule has 0 radical (unpaired) electrons. The van der Waals surface area contributed by atoms with Crippen molar-refractivity contribution in [1.29, 1.82) is 0 Å². The summed E-state index contributed by atoms with van der Waals surface area (Å²) in [6.45, 7) is 8.50. The van der Waals surface area contributed by atoms with Gasteiger partial charge in [-0.3, -0.25) is 14.7 Å². The third kappa shape index (κ3) is 7.03. The van der Waals surface area contributed by atoms with E-state index in [4.69, 9.17) is 26.1 Å². The molecule has 0 aromatic heterocycles. The second-order valence-corrected chi connectivity index (χ2v) is 9.37. The van der Waals surface area contributed by atoms with Crippen molar-refractivity contribution in [2.45, 2.75) is 53.1 Å². The van der Waals surface area contributed by atoms with Crippen LogP contribution >= 0.6 is 23.4 Å². The molecule has 0 saturated carbocycles. The molecule has 0 aliphatic carbocycles. The molecule has 0 spiro atoms. The molecular weight excluding hydrogens is 468 g/mol. The number of halogens is 1. The quantitative estimate of drug-likeness (QED) is 0.228. The summed E-state index contributed by atoms with van der Waals surface area (Å²) in [5, 5.41) is 1.48. The van der Waals surface area contributed by atoms with Crippen LogP contribution in [-0.2, 0) is 11.4 Å². The van der Waals surface area contributed by atoms with Crippen molar-refractivity contribution in [3.8, 4) is 11.5 Å². The van der Waals surface area contributed by atoms with E-state index in [0.717, 1.165) is 48.5 Å². The van der Waals surface area contributed by atoms with Gasteiger partial charge in [0.05, 0.1) is 11.5 Å². The van der Waals surface area contributed by atoms with Gasteiger partial charge in [0, 0.05) is 23.7 Å². The Hall–Kier alpha value is -2.44. The summed E-state index contributed by atoms with van der Waals surface area (Å²) in [6, 6.07) is 13.3.